The Balaban J connectivity index is 2.02. The van der Waals surface area contributed by atoms with Gasteiger partial charge in [-0.05, 0) is 32.1 Å². The maximum absolute atomic E-state index is 10.3. The number of aliphatic hydroxyl groups is 1. The predicted octanol–water partition coefficient (Wildman–Crippen LogP) is 1.26. The minimum absolute atomic E-state index is 0.206. The second-order valence-electron chi connectivity index (χ2n) is 6.46. The highest BCUT2D eigenvalue weighted by atomic mass is 16.3. The van der Waals surface area contributed by atoms with Gasteiger partial charge in [0.05, 0.1) is 5.60 Å². The molecular weight excluding hydrogens is 268 g/mol. The van der Waals surface area contributed by atoms with Crippen LogP contribution in [0.15, 0.2) is 0 Å². The summed E-state index contributed by atoms with van der Waals surface area (Å²) < 4.78 is 0. The normalized spacial score (nSPS) is 18.0. The average molecular weight is 294 g/mol. The van der Waals surface area contributed by atoms with E-state index in [9.17, 15) is 5.11 Å². The first kappa shape index (κ1) is 15.8. The number of rotatable bonds is 6. The van der Waals surface area contributed by atoms with Crippen molar-refractivity contribution in [3.8, 4) is 0 Å². The van der Waals surface area contributed by atoms with Crippen molar-refractivity contribution in [2.45, 2.75) is 45.6 Å². The van der Waals surface area contributed by atoms with E-state index in [1.54, 1.807) is 0 Å². The quantitative estimate of drug-likeness (QED) is 0.726. The maximum atomic E-state index is 10.3. The Morgan fingerprint density at radius 1 is 1.29 bits per heavy atom. The average Bonchev–Trinajstić information content (AvgIpc) is 2.88. The van der Waals surface area contributed by atoms with Gasteiger partial charge in [-0.3, -0.25) is 0 Å². The van der Waals surface area contributed by atoms with Crippen LogP contribution in [0.5, 0.6) is 0 Å². The van der Waals surface area contributed by atoms with E-state index in [4.69, 9.17) is 5.73 Å². The van der Waals surface area contributed by atoms with Gasteiger partial charge in [0.1, 0.15) is 0 Å². The fourth-order valence-corrected chi connectivity index (χ4v) is 2.74. The molecular formula is C14H26N6O. The third-order valence-corrected chi connectivity index (χ3v) is 3.51. The van der Waals surface area contributed by atoms with E-state index in [2.05, 4.69) is 39.0 Å². The lowest BCUT2D eigenvalue weighted by atomic mass is 9.94. The van der Waals surface area contributed by atoms with Crippen LogP contribution in [-0.4, -0.2) is 45.3 Å². The Labute approximate surface area is 126 Å². The summed E-state index contributed by atoms with van der Waals surface area (Å²) >= 11 is 0. The molecule has 0 aromatic carbocycles. The Morgan fingerprint density at radius 3 is 2.57 bits per heavy atom. The van der Waals surface area contributed by atoms with Crippen molar-refractivity contribution < 1.29 is 5.11 Å². The van der Waals surface area contributed by atoms with Crippen LogP contribution in [0.25, 0.3) is 0 Å². The molecule has 4 N–H and O–H groups in total. The van der Waals surface area contributed by atoms with Crippen molar-refractivity contribution >= 4 is 17.8 Å². The Kier molecular flexibility index (Phi) is 4.82. The van der Waals surface area contributed by atoms with Crippen molar-refractivity contribution in [3.63, 3.8) is 0 Å². The van der Waals surface area contributed by atoms with E-state index in [-0.39, 0.29) is 5.95 Å². The molecule has 118 valence electrons. The summed E-state index contributed by atoms with van der Waals surface area (Å²) in [6, 6.07) is 0. The third kappa shape index (κ3) is 4.70. The molecule has 1 aromatic heterocycles. The summed E-state index contributed by atoms with van der Waals surface area (Å²) in [6.45, 7) is 8.27. The van der Waals surface area contributed by atoms with Crippen LogP contribution in [-0.2, 0) is 0 Å². The summed E-state index contributed by atoms with van der Waals surface area (Å²) in [7, 11) is 0. The number of nitrogen functional groups attached to an aromatic ring is 1. The highest BCUT2D eigenvalue weighted by Gasteiger charge is 2.23. The summed E-state index contributed by atoms with van der Waals surface area (Å²) in [5.74, 6) is 1.67. The standard InChI is InChI=1S/C14H26N6O/c1-10(2)8-14(3,21)9-16-12-17-11(15)18-13(19-12)20-6-4-5-7-20/h10,21H,4-9H2,1-3H3,(H3,15,16,17,18,19). The predicted molar refractivity (Wildman–Crippen MR) is 84.3 cm³/mol. The van der Waals surface area contributed by atoms with Gasteiger partial charge in [0, 0.05) is 19.6 Å². The first-order valence-corrected chi connectivity index (χ1v) is 7.58. The number of hydrogen-bond donors (Lipinski definition) is 3. The van der Waals surface area contributed by atoms with Gasteiger partial charge in [0.25, 0.3) is 0 Å². The second-order valence-corrected chi connectivity index (χ2v) is 6.46. The van der Waals surface area contributed by atoms with Crippen molar-refractivity contribution in [1.29, 1.82) is 0 Å². The van der Waals surface area contributed by atoms with Gasteiger partial charge < -0.3 is 21.1 Å². The first-order chi connectivity index (χ1) is 9.85. The zero-order valence-electron chi connectivity index (χ0n) is 13.1. The number of nitrogens with two attached hydrogens (primary N) is 1. The first-order valence-electron chi connectivity index (χ1n) is 7.58. The SMILES string of the molecule is CC(C)CC(C)(O)CNc1nc(N)nc(N2CCCC2)n1. The molecule has 7 nitrogen and oxygen atoms in total. The molecule has 1 saturated heterocycles. The van der Waals surface area contributed by atoms with E-state index in [0.717, 1.165) is 25.9 Å². The topological polar surface area (TPSA) is 100 Å². The Bertz CT molecular complexity index is 471. The van der Waals surface area contributed by atoms with Gasteiger partial charge in [-0.2, -0.15) is 15.0 Å². The largest absolute Gasteiger partial charge is 0.388 e. The number of anilines is 3. The maximum Gasteiger partial charge on any atom is 0.231 e. The van der Waals surface area contributed by atoms with E-state index >= 15 is 0 Å². The van der Waals surface area contributed by atoms with Gasteiger partial charge in [0.15, 0.2) is 0 Å². The third-order valence-electron chi connectivity index (χ3n) is 3.51. The molecule has 7 heteroatoms. The van der Waals surface area contributed by atoms with Gasteiger partial charge >= 0.3 is 0 Å². The molecule has 1 aromatic rings. The van der Waals surface area contributed by atoms with Gasteiger partial charge in [-0.15, -0.1) is 0 Å². The van der Waals surface area contributed by atoms with E-state index in [1.807, 2.05) is 6.92 Å². The smallest absolute Gasteiger partial charge is 0.231 e. The lowest BCUT2D eigenvalue weighted by molar-refractivity contribution is 0.0514. The fraction of sp³-hybridized carbons (Fsp3) is 0.786. The van der Waals surface area contributed by atoms with Crippen LogP contribution in [0, 0.1) is 5.92 Å². The molecule has 0 amide bonds. The van der Waals surface area contributed by atoms with Crippen molar-refractivity contribution in [2.24, 2.45) is 5.92 Å². The molecule has 0 radical (unpaired) electrons. The van der Waals surface area contributed by atoms with Gasteiger partial charge in [0.2, 0.25) is 17.8 Å². The van der Waals surface area contributed by atoms with Gasteiger partial charge in [-0.25, -0.2) is 0 Å². The Hall–Kier alpha value is -1.63. The molecule has 0 spiro atoms. The van der Waals surface area contributed by atoms with E-state index in [1.165, 1.54) is 0 Å². The number of hydrogen-bond acceptors (Lipinski definition) is 7. The monoisotopic (exact) mass is 294 g/mol. The summed E-state index contributed by atoms with van der Waals surface area (Å²) in [6.07, 6.45) is 3.01. The molecule has 0 aliphatic carbocycles. The minimum atomic E-state index is -0.802. The molecule has 1 aliphatic rings. The van der Waals surface area contributed by atoms with Crippen LogP contribution >= 0.6 is 0 Å². The lowest BCUT2D eigenvalue weighted by Gasteiger charge is -2.25. The molecule has 1 atom stereocenters. The van der Waals surface area contributed by atoms with Crippen molar-refractivity contribution in [3.05, 3.63) is 0 Å². The van der Waals surface area contributed by atoms with E-state index < -0.39 is 5.60 Å². The van der Waals surface area contributed by atoms with Crippen molar-refractivity contribution in [1.82, 2.24) is 15.0 Å². The zero-order chi connectivity index (χ0) is 15.5. The molecule has 2 rings (SSSR count). The van der Waals surface area contributed by atoms with Crippen LogP contribution in [0.1, 0.15) is 40.0 Å². The zero-order valence-corrected chi connectivity index (χ0v) is 13.1. The summed E-state index contributed by atoms with van der Waals surface area (Å²) in [4.78, 5) is 14.8. The molecule has 1 aliphatic heterocycles. The molecule has 1 fully saturated rings. The molecule has 0 saturated carbocycles. The van der Waals surface area contributed by atoms with Crippen molar-refractivity contribution in [2.75, 3.05) is 35.6 Å². The van der Waals surface area contributed by atoms with Crippen LogP contribution in [0.3, 0.4) is 0 Å². The fourth-order valence-electron chi connectivity index (χ4n) is 2.74. The van der Waals surface area contributed by atoms with Crippen LogP contribution < -0.4 is 16.0 Å². The number of nitrogens with zero attached hydrogens (tertiary/aromatic N) is 4. The molecule has 21 heavy (non-hydrogen) atoms. The number of aromatic nitrogens is 3. The highest BCUT2D eigenvalue weighted by molar-refractivity contribution is 5.42. The molecule has 2 heterocycles. The number of nitrogens with one attached hydrogen (secondary N) is 1. The molecule has 0 bridgehead atoms. The lowest BCUT2D eigenvalue weighted by Crippen LogP contribution is -2.35. The highest BCUT2D eigenvalue weighted by Crippen LogP contribution is 2.19. The van der Waals surface area contributed by atoms with Crippen LogP contribution in [0.4, 0.5) is 17.8 Å². The van der Waals surface area contributed by atoms with Gasteiger partial charge in [-0.1, -0.05) is 13.8 Å². The summed E-state index contributed by atoms with van der Waals surface area (Å²) in [5, 5.41) is 13.4. The Morgan fingerprint density at radius 2 is 1.95 bits per heavy atom. The second kappa shape index (κ2) is 6.43. The molecule has 1 unspecified atom stereocenters. The van der Waals surface area contributed by atoms with E-state index in [0.29, 0.717) is 30.8 Å². The summed E-state index contributed by atoms with van der Waals surface area (Å²) in [5.41, 5.74) is 4.95. The van der Waals surface area contributed by atoms with Crippen LogP contribution in [0.2, 0.25) is 0 Å². The minimum Gasteiger partial charge on any atom is -0.388 e.